The number of ether oxygens (including phenoxy) is 1. The standard InChI is InChI=1S/C23H23N3O4/c1-14-12-20(15(2)26(14)19-10-5-4-6-11-19)21(27)16(3)30-22(28)17-8-7-9-18(13-17)25-23(24)29/h4-13,16H,1-3H3,(H3,24,25,29)/t16-/m1/s1. The van der Waals surface area contributed by atoms with Crippen LogP contribution < -0.4 is 11.1 Å². The van der Waals surface area contributed by atoms with Crippen molar-refractivity contribution in [3.05, 3.63) is 83.2 Å². The number of Topliss-reactive ketones (excluding diaryl/α,β-unsaturated/α-hetero) is 1. The fraction of sp³-hybridized carbons (Fsp3) is 0.174. The maximum atomic E-state index is 13.0. The number of para-hydroxylation sites is 1. The summed E-state index contributed by atoms with van der Waals surface area (Å²) >= 11 is 0. The molecule has 7 heteroatoms. The van der Waals surface area contributed by atoms with Crippen molar-refractivity contribution >= 4 is 23.5 Å². The molecule has 3 rings (SSSR count). The van der Waals surface area contributed by atoms with Crippen molar-refractivity contribution < 1.29 is 19.1 Å². The van der Waals surface area contributed by atoms with Crippen molar-refractivity contribution in [2.75, 3.05) is 5.32 Å². The summed E-state index contributed by atoms with van der Waals surface area (Å²) in [5, 5.41) is 2.40. The maximum Gasteiger partial charge on any atom is 0.338 e. The van der Waals surface area contributed by atoms with Crippen LogP contribution in [0.25, 0.3) is 5.69 Å². The number of carbonyl (C=O) groups excluding carboxylic acids is 3. The van der Waals surface area contributed by atoms with Crippen molar-refractivity contribution in [2.45, 2.75) is 26.9 Å². The maximum absolute atomic E-state index is 13.0. The molecule has 0 bridgehead atoms. The van der Waals surface area contributed by atoms with E-state index in [2.05, 4.69) is 5.32 Å². The average molecular weight is 405 g/mol. The van der Waals surface area contributed by atoms with Crippen LogP contribution in [0.15, 0.2) is 60.7 Å². The second-order valence-corrected chi connectivity index (χ2v) is 6.94. The number of urea groups is 1. The van der Waals surface area contributed by atoms with Crippen molar-refractivity contribution in [3.8, 4) is 5.69 Å². The largest absolute Gasteiger partial charge is 0.451 e. The molecule has 0 unspecified atom stereocenters. The van der Waals surface area contributed by atoms with Gasteiger partial charge in [-0.15, -0.1) is 0 Å². The number of carbonyl (C=O) groups is 3. The van der Waals surface area contributed by atoms with Crippen LogP contribution in [0.2, 0.25) is 0 Å². The fourth-order valence-corrected chi connectivity index (χ4v) is 3.35. The number of hydrogen-bond donors (Lipinski definition) is 2. The van der Waals surface area contributed by atoms with E-state index >= 15 is 0 Å². The number of nitrogens with zero attached hydrogens (tertiary/aromatic N) is 1. The number of nitrogens with one attached hydrogen (secondary N) is 1. The number of primary amides is 1. The summed E-state index contributed by atoms with van der Waals surface area (Å²) < 4.78 is 7.37. The predicted octanol–water partition coefficient (Wildman–Crippen LogP) is 4.01. The van der Waals surface area contributed by atoms with Gasteiger partial charge < -0.3 is 20.4 Å². The van der Waals surface area contributed by atoms with E-state index in [0.29, 0.717) is 11.3 Å². The predicted molar refractivity (Wildman–Crippen MR) is 114 cm³/mol. The highest BCUT2D eigenvalue weighted by atomic mass is 16.5. The van der Waals surface area contributed by atoms with Crippen LogP contribution in [-0.2, 0) is 4.74 Å². The minimum atomic E-state index is -0.977. The molecule has 0 saturated heterocycles. The fourth-order valence-electron chi connectivity index (χ4n) is 3.35. The highest BCUT2D eigenvalue weighted by molar-refractivity contribution is 6.03. The first kappa shape index (κ1) is 20.9. The van der Waals surface area contributed by atoms with Gasteiger partial charge in [-0.05, 0) is 57.2 Å². The Balaban J connectivity index is 1.78. The first-order chi connectivity index (χ1) is 14.3. The third-order valence-corrected chi connectivity index (χ3v) is 4.73. The van der Waals surface area contributed by atoms with Gasteiger partial charge >= 0.3 is 12.0 Å². The second kappa shape index (κ2) is 8.65. The molecule has 2 amide bonds. The molecule has 0 aliphatic carbocycles. The van der Waals surface area contributed by atoms with Crippen molar-refractivity contribution in [1.82, 2.24) is 4.57 Å². The van der Waals surface area contributed by atoms with Crippen LogP contribution in [0.1, 0.15) is 39.0 Å². The van der Waals surface area contributed by atoms with Gasteiger partial charge in [0.2, 0.25) is 5.78 Å². The zero-order chi connectivity index (χ0) is 21.8. The topological polar surface area (TPSA) is 103 Å². The van der Waals surface area contributed by atoms with Gasteiger partial charge in [0.05, 0.1) is 5.56 Å². The van der Waals surface area contributed by atoms with E-state index in [1.165, 1.54) is 12.1 Å². The van der Waals surface area contributed by atoms with Crippen LogP contribution in [0.5, 0.6) is 0 Å². The molecule has 3 N–H and O–H groups in total. The van der Waals surface area contributed by atoms with Crippen LogP contribution in [0, 0.1) is 13.8 Å². The molecule has 0 aliphatic rings. The number of aromatic nitrogens is 1. The van der Waals surface area contributed by atoms with E-state index in [1.54, 1.807) is 25.1 Å². The molecule has 1 heterocycles. The molecule has 30 heavy (non-hydrogen) atoms. The molecule has 0 fully saturated rings. The first-order valence-corrected chi connectivity index (χ1v) is 9.44. The summed E-state index contributed by atoms with van der Waals surface area (Å²) in [5.74, 6) is -0.953. The Bertz CT molecular complexity index is 1100. The Morgan fingerprint density at radius 1 is 1.00 bits per heavy atom. The van der Waals surface area contributed by atoms with Crippen LogP contribution in [0.3, 0.4) is 0 Å². The number of amides is 2. The van der Waals surface area contributed by atoms with Gasteiger partial charge in [-0.1, -0.05) is 24.3 Å². The summed E-state index contributed by atoms with van der Waals surface area (Å²) in [6, 6.07) is 16.9. The third-order valence-electron chi connectivity index (χ3n) is 4.73. The lowest BCUT2D eigenvalue weighted by Crippen LogP contribution is -2.25. The van der Waals surface area contributed by atoms with Crippen molar-refractivity contribution in [3.63, 3.8) is 0 Å². The number of anilines is 1. The molecule has 0 radical (unpaired) electrons. The number of benzene rings is 2. The average Bonchev–Trinajstić information content (AvgIpc) is 3.01. The number of nitrogens with two attached hydrogens (primary N) is 1. The smallest absolute Gasteiger partial charge is 0.338 e. The van der Waals surface area contributed by atoms with Crippen molar-refractivity contribution in [2.24, 2.45) is 5.73 Å². The van der Waals surface area contributed by atoms with Crippen LogP contribution in [0.4, 0.5) is 10.5 Å². The lowest BCUT2D eigenvalue weighted by Gasteiger charge is -2.14. The molecule has 3 aromatic rings. The molecule has 154 valence electrons. The molecule has 0 spiro atoms. The summed E-state index contributed by atoms with van der Waals surface area (Å²) in [7, 11) is 0. The second-order valence-electron chi connectivity index (χ2n) is 6.94. The van der Waals surface area contributed by atoms with E-state index in [4.69, 9.17) is 10.5 Å². The summed E-state index contributed by atoms with van der Waals surface area (Å²) in [6.45, 7) is 5.33. The van der Waals surface area contributed by atoms with E-state index in [-0.39, 0.29) is 11.3 Å². The molecule has 1 atom stereocenters. The number of hydrogen-bond acceptors (Lipinski definition) is 4. The molecular weight excluding hydrogens is 382 g/mol. The molecule has 1 aromatic heterocycles. The van der Waals surface area contributed by atoms with Crippen LogP contribution >= 0.6 is 0 Å². The lowest BCUT2D eigenvalue weighted by molar-refractivity contribution is 0.0318. The molecule has 7 nitrogen and oxygen atoms in total. The highest BCUT2D eigenvalue weighted by Crippen LogP contribution is 2.23. The Labute approximate surface area is 174 Å². The summed E-state index contributed by atoms with van der Waals surface area (Å²) in [5.41, 5.74) is 8.80. The van der Waals surface area contributed by atoms with Gasteiger partial charge in [0.1, 0.15) is 0 Å². The monoisotopic (exact) mass is 405 g/mol. The Kier molecular flexibility index (Phi) is 6.01. The van der Waals surface area contributed by atoms with Gasteiger partial charge in [0.25, 0.3) is 0 Å². The zero-order valence-electron chi connectivity index (χ0n) is 17.0. The molecular formula is C23H23N3O4. The van der Waals surface area contributed by atoms with Crippen molar-refractivity contribution in [1.29, 1.82) is 0 Å². The van der Waals surface area contributed by atoms with Crippen LogP contribution in [-0.4, -0.2) is 28.5 Å². The van der Waals surface area contributed by atoms with E-state index in [1.807, 2.05) is 48.7 Å². The normalized spacial score (nSPS) is 11.6. The third kappa shape index (κ3) is 4.41. The van der Waals surface area contributed by atoms with E-state index < -0.39 is 18.1 Å². The number of rotatable bonds is 6. The molecule has 0 aliphatic heterocycles. The number of ketones is 1. The van der Waals surface area contributed by atoms with E-state index in [0.717, 1.165) is 17.1 Å². The Morgan fingerprint density at radius 3 is 2.37 bits per heavy atom. The number of aryl methyl sites for hydroxylation is 1. The molecule has 0 saturated carbocycles. The van der Waals surface area contributed by atoms with Gasteiger partial charge in [-0.25, -0.2) is 9.59 Å². The Hall–Kier alpha value is -3.87. The number of esters is 1. The quantitative estimate of drug-likeness (QED) is 0.478. The summed E-state index contributed by atoms with van der Waals surface area (Å²) in [4.78, 5) is 36.4. The first-order valence-electron chi connectivity index (χ1n) is 9.44. The van der Waals surface area contributed by atoms with Gasteiger partial charge in [0, 0.05) is 28.3 Å². The lowest BCUT2D eigenvalue weighted by atomic mass is 10.1. The van der Waals surface area contributed by atoms with Gasteiger partial charge in [-0.3, -0.25) is 4.79 Å². The van der Waals surface area contributed by atoms with Gasteiger partial charge in [-0.2, -0.15) is 0 Å². The minimum absolute atomic E-state index is 0.204. The molecule has 2 aromatic carbocycles. The van der Waals surface area contributed by atoms with Gasteiger partial charge in [0.15, 0.2) is 6.10 Å². The van der Waals surface area contributed by atoms with E-state index in [9.17, 15) is 14.4 Å². The summed E-state index contributed by atoms with van der Waals surface area (Å²) in [6.07, 6.45) is -0.977. The SMILES string of the molecule is Cc1cc(C(=O)[C@@H](C)OC(=O)c2cccc(NC(N)=O)c2)c(C)n1-c1ccccc1. The Morgan fingerprint density at radius 2 is 1.70 bits per heavy atom. The highest BCUT2D eigenvalue weighted by Gasteiger charge is 2.25. The zero-order valence-corrected chi connectivity index (χ0v) is 17.0. The minimum Gasteiger partial charge on any atom is -0.451 e.